The van der Waals surface area contributed by atoms with Crippen LogP contribution in [0.15, 0.2) is 0 Å². The van der Waals surface area contributed by atoms with E-state index in [1.165, 1.54) is 44.9 Å². The molecule has 2 heteroatoms. The minimum Gasteiger partial charge on any atom is -0.393 e. The molecule has 0 bridgehead atoms. The monoisotopic (exact) mass is 306 g/mol. The Morgan fingerprint density at radius 3 is 2.36 bits per heavy atom. The SMILES string of the molecule is C[NH2+][C@H]1CC[C@@H]2[C@@H]3CC[C@H]4C[C@@H](O)CC[C@]4(C)[C@H]3CC[C@@]12C. The lowest BCUT2D eigenvalue weighted by Gasteiger charge is -2.60. The van der Waals surface area contributed by atoms with Gasteiger partial charge < -0.3 is 10.4 Å². The third-order valence-corrected chi connectivity index (χ3v) is 9.11. The molecule has 0 radical (unpaired) electrons. The molecule has 0 amide bonds. The lowest BCUT2D eigenvalue weighted by Crippen LogP contribution is -2.89. The van der Waals surface area contributed by atoms with E-state index >= 15 is 0 Å². The van der Waals surface area contributed by atoms with Crippen molar-refractivity contribution in [3.63, 3.8) is 0 Å². The predicted molar refractivity (Wildman–Crippen MR) is 89.4 cm³/mol. The molecule has 22 heavy (non-hydrogen) atoms. The van der Waals surface area contributed by atoms with Gasteiger partial charge >= 0.3 is 0 Å². The summed E-state index contributed by atoms with van der Waals surface area (Å²) in [6.07, 6.45) is 12.1. The van der Waals surface area contributed by atoms with Crippen LogP contribution < -0.4 is 5.32 Å². The normalized spacial score (nSPS) is 57.8. The van der Waals surface area contributed by atoms with Crippen LogP contribution in [0.2, 0.25) is 0 Å². The molecule has 8 atom stereocenters. The van der Waals surface area contributed by atoms with Crippen LogP contribution in [-0.4, -0.2) is 24.3 Å². The maximum atomic E-state index is 10.1. The maximum Gasteiger partial charge on any atom is 0.0914 e. The summed E-state index contributed by atoms with van der Waals surface area (Å²) in [5, 5.41) is 12.6. The topological polar surface area (TPSA) is 36.8 Å². The van der Waals surface area contributed by atoms with Crippen molar-refractivity contribution in [2.45, 2.75) is 83.8 Å². The number of nitrogens with two attached hydrogens (primary N) is 1. The van der Waals surface area contributed by atoms with Crippen LogP contribution in [0.25, 0.3) is 0 Å². The zero-order valence-electron chi connectivity index (χ0n) is 14.9. The highest BCUT2D eigenvalue weighted by molar-refractivity contribution is 5.09. The molecule has 3 N–H and O–H groups in total. The van der Waals surface area contributed by atoms with Crippen LogP contribution in [0, 0.1) is 34.5 Å². The Morgan fingerprint density at radius 1 is 0.864 bits per heavy atom. The Kier molecular flexibility index (Phi) is 3.66. The van der Waals surface area contributed by atoms with E-state index in [0.717, 1.165) is 42.6 Å². The molecule has 4 aliphatic rings. The van der Waals surface area contributed by atoms with Gasteiger partial charge in [-0.15, -0.1) is 0 Å². The molecule has 126 valence electrons. The number of aliphatic hydroxyl groups is 1. The summed E-state index contributed by atoms with van der Waals surface area (Å²) in [5.41, 5.74) is 1.14. The van der Waals surface area contributed by atoms with Crippen LogP contribution in [0.3, 0.4) is 0 Å². The lowest BCUT2D eigenvalue weighted by atomic mass is 9.45. The second kappa shape index (κ2) is 5.21. The number of rotatable bonds is 1. The van der Waals surface area contributed by atoms with Crippen LogP contribution in [0.5, 0.6) is 0 Å². The molecule has 0 aromatic heterocycles. The van der Waals surface area contributed by atoms with Gasteiger partial charge in [0.25, 0.3) is 0 Å². The molecule has 4 saturated carbocycles. The molecule has 2 nitrogen and oxygen atoms in total. The molecule has 4 aliphatic carbocycles. The molecule has 0 heterocycles. The fourth-order valence-electron chi connectivity index (χ4n) is 7.82. The van der Waals surface area contributed by atoms with Gasteiger partial charge in [0.15, 0.2) is 0 Å². The lowest BCUT2D eigenvalue weighted by molar-refractivity contribution is -0.676. The summed E-state index contributed by atoms with van der Waals surface area (Å²) in [6, 6.07) is 0.872. The Balaban J connectivity index is 1.61. The van der Waals surface area contributed by atoms with Crippen molar-refractivity contribution in [3.05, 3.63) is 0 Å². The van der Waals surface area contributed by atoms with Gasteiger partial charge in [-0.1, -0.05) is 13.8 Å². The van der Waals surface area contributed by atoms with E-state index in [4.69, 9.17) is 0 Å². The van der Waals surface area contributed by atoms with E-state index < -0.39 is 0 Å². The van der Waals surface area contributed by atoms with Crippen LogP contribution >= 0.6 is 0 Å². The van der Waals surface area contributed by atoms with Gasteiger partial charge in [0, 0.05) is 11.8 Å². The molecule has 0 unspecified atom stereocenters. The van der Waals surface area contributed by atoms with Crippen LogP contribution in [0.4, 0.5) is 0 Å². The first-order valence-corrected chi connectivity index (χ1v) is 9.96. The first-order chi connectivity index (χ1) is 10.5. The quantitative estimate of drug-likeness (QED) is 0.768. The van der Waals surface area contributed by atoms with E-state index in [9.17, 15) is 5.11 Å². The van der Waals surface area contributed by atoms with E-state index in [1.54, 1.807) is 0 Å². The summed E-state index contributed by atoms with van der Waals surface area (Å²) >= 11 is 0. The molecule has 0 aromatic rings. The smallest absolute Gasteiger partial charge is 0.0914 e. The van der Waals surface area contributed by atoms with Gasteiger partial charge in [-0.3, -0.25) is 0 Å². The van der Waals surface area contributed by atoms with Crippen molar-refractivity contribution < 1.29 is 10.4 Å². The summed E-state index contributed by atoms with van der Waals surface area (Å²) in [5.74, 6) is 3.72. The molecular formula is C20H36NO+. The highest BCUT2D eigenvalue weighted by Gasteiger charge is 2.60. The van der Waals surface area contributed by atoms with Crippen molar-refractivity contribution in [1.82, 2.24) is 0 Å². The van der Waals surface area contributed by atoms with Crippen molar-refractivity contribution in [2.24, 2.45) is 34.5 Å². The Morgan fingerprint density at radius 2 is 1.59 bits per heavy atom. The van der Waals surface area contributed by atoms with Gasteiger partial charge in [-0.25, -0.2) is 0 Å². The zero-order valence-corrected chi connectivity index (χ0v) is 14.9. The largest absolute Gasteiger partial charge is 0.393 e. The van der Waals surface area contributed by atoms with E-state index in [0.29, 0.717) is 10.8 Å². The third kappa shape index (κ3) is 1.99. The molecule has 4 fully saturated rings. The predicted octanol–water partition coefficient (Wildman–Crippen LogP) is 2.95. The van der Waals surface area contributed by atoms with Crippen molar-refractivity contribution in [2.75, 3.05) is 7.05 Å². The van der Waals surface area contributed by atoms with E-state index in [1.807, 2.05) is 0 Å². The number of hydrogen-bond acceptors (Lipinski definition) is 1. The number of fused-ring (bicyclic) bond motifs is 5. The number of quaternary nitrogens is 1. The summed E-state index contributed by atoms with van der Waals surface area (Å²) in [4.78, 5) is 0. The van der Waals surface area contributed by atoms with E-state index in [2.05, 4.69) is 26.2 Å². The minimum atomic E-state index is -0.00552. The van der Waals surface area contributed by atoms with Gasteiger partial charge in [0.05, 0.1) is 19.2 Å². The van der Waals surface area contributed by atoms with Crippen LogP contribution in [0.1, 0.15) is 71.6 Å². The molecular weight excluding hydrogens is 270 g/mol. The molecule has 0 saturated heterocycles. The van der Waals surface area contributed by atoms with E-state index in [-0.39, 0.29) is 6.10 Å². The van der Waals surface area contributed by atoms with Crippen LogP contribution in [-0.2, 0) is 0 Å². The Labute approximate surface area is 136 Å². The number of hydrogen-bond donors (Lipinski definition) is 2. The summed E-state index contributed by atoms with van der Waals surface area (Å²) in [6.45, 7) is 5.21. The first-order valence-electron chi connectivity index (χ1n) is 9.96. The summed E-state index contributed by atoms with van der Waals surface area (Å²) < 4.78 is 0. The highest BCUT2D eigenvalue weighted by atomic mass is 16.3. The summed E-state index contributed by atoms with van der Waals surface area (Å²) in [7, 11) is 2.30. The van der Waals surface area contributed by atoms with Gasteiger partial charge in [0.1, 0.15) is 0 Å². The Bertz CT molecular complexity index is 437. The van der Waals surface area contributed by atoms with Crippen molar-refractivity contribution in [1.29, 1.82) is 0 Å². The van der Waals surface area contributed by atoms with Gasteiger partial charge in [-0.2, -0.15) is 0 Å². The second-order valence-electron chi connectivity index (χ2n) is 9.65. The standard InChI is InChI=1S/C20H35NO/c1-19-10-8-14(22)12-13(19)4-5-15-16-6-7-18(21-3)20(16,2)11-9-17(15)19/h13-18,21-22H,4-12H2,1-3H3/p+1/t13-,14-,15-,16+,17-,18-,19-,20+/m0/s1. The van der Waals surface area contributed by atoms with Gasteiger partial charge in [-0.05, 0) is 80.5 Å². The average molecular weight is 307 g/mol. The fraction of sp³-hybridized carbons (Fsp3) is 1.00. The highest BCUT2D eigenvalue weighted by Crippen LogP contribution is 2.65. The van der Waals surface area contributed by atoms with Crippen molar-refractivity contribution >= 4 is 0 Å². The molecule has 0 aliphatic heterocycles. The molecule has 4 rings (SSSR count). The van der Waals surface area contributed by atoms with Gasteiger partial charge in [0.2, 0.25) is 0 Å². The number of aliphatic hydroxyl groups excluding tert-OH is 1. The van der Waals surface area contributed by atoms with Crippen molar-refractivity contribution in [3.8, 4) is 0 Å². The maximum absolute atomic E-state index is 10.1. The average Bonchev–Trinajstić information content (AvgIpc) is 2.84. The molecule has 0 spiro atoms. The zero-order chi connectivity index (χ0) is 15.5. The Hall–Kier alpha value is -0.0800. The first kappa shape index (κ1) is 15.4. The minimum absolute atomic E-state index is 0.00552. The third-order valence-electron chi connectivity index (χ3n) is 9.11. The fourth-order valence-corrected chi connectivity index (χ4v) is 7.82. The second-order valence-corrected chi connectivity index (χ2v) is 9.65. The molecule has 0 aromatic carbocycles.